The van der Waals surface area contributed by atoms with Gasteiger partial charge < -0.3 is 14.4 Å². The van der Waals surface area contributed by atoms with Gasteiger partial charge in [-0.25, -0.2) is 4.79 Å². The molecule has 21 heavy (non-hydrogen) atoms. The first-order valence-corrected chi connectivity index (χ1v) is 6.95. The van der Waals surface area contributed by atoms with Gasteiger partial charge in [-0.1, -0.05) is 30.1 Å². The van der Waals surface area contributed by atoms with E-state index in [0.717, 1.165) is 19.3 Å². The van der Waals surface area contributed by atoms with Crippen LogP contribution in [0.3, 0.4) is 0 Å². The van der Waals surface area contributed by atoms with Crippen molar-refractivity contribution >= 4 is 17.6 Å². The van der Waals surface area contributed by atoms with Crippen molar-refractivity contribution in [3.63, 3.8) is 0 Å². The third-order valence-electron chi connectivity index (χ3n) is 2.79. The number of hydrogen-bond acceptors (Lipinski definition) is 5. The van der Waals surface area contributed by atoms with Crippen LogP contribution in [-0.4, -0.2) is 21.2 Å². The Labute approximate surface area is 126 Å². The Bertz CT molecular complexity index is 627. The molecular weight excluding hydrogens is 296 g/mol. The smallest absolute Gasteiger partial charge is 0.337 e. The molecule has 0 saturated heterocycles. The largest absolute Gasteiger partial charge is 0.484 e. The standard InChI is InChI=1S/C14H15ClN2O4/c1-2-3-4-12-16-13(21-17-12)8-20-9-5-6-11(15)10(7-9)14(18)19/h5-7H,2-4,8H2,1H3,(H,18,19). The molecule has 7 heteroatoms. The van der Waals surface area contributed by atoms with Crippen molar-refractivity contribution < 1.29 is 19.2 Å². The lowest BCUT2D eigenvalue weighted by Gasteiger charge is -2.05. The van der Waals surface area contributed by atoms with Crippen molar-refractivity contribution in [3.05, 3.63) is 40.5 Å². The minimum Gasteiger partial charge on any atom is -0.484 e. The Morgan fingerprint density at radius 3 is 3.00 bits per heavy atom. The van der Waals surface area contributed by atoms with Crippen molar-refractivity contribution in [2.24, 2.45) is 0 Å². The summed E-state index contributed by atoms with van der Waals surface area (Å²) in [5, 5.41) is 13.0. The van der Waals surface area contributed by atoms with Crippen LogP contribution in [0, 0.1) is 0 Å². The van der Waals surface area contributed by atoms with E-state index in [1.165, 1.54) is 12.1 Å². The van der Waals surface area contributed by atoms with E-state index in [1.807, 2.05) is 0 Å². The van der Waals surface area contributed by atoms with Gasteiger partial charge in [-0.3, -0.25) is 0 Å². The summed E-state index contributed by atoms with van der Waals surface area (Å²) in [6.45, 7) is 2.17. The number of carboxylic acid groups (broad SMARTS) is 1. The Morgan fingerprint density at radius 2 is 2.29 bits per heavy atom. The predicted molar refractivity (Wildman–Crippen MR) is 75.7 cm³/mol. The molecule has 0 atom stereocenters. The molecule has 2 aromatic rings. The fraction of sp³-hybridized carbons (Fsp3) is 0.357. The average Bonchev–Trinajstić information content (AvgIpc) is 2.92. The van der Waals surface area contributed by atoms with E-state index >= 15 is 0 Å². The van der Waals surface area contributed by atoms with Crippen molar-refractivity contribution in [2.45, 2.75) is 32.8 Å². The predicted octanol–water partition coefficient (Wildman–Crippen LogP) is 3.34. The zero-order valence-electron chi connectivity index (χ0n) is 11.5. The molecule has 0 amide bonds. The molecule has 6 nitrogen and oxygen atoms in total. The second kappa shape index (κ2) is 7.08. The quantitative estimate of drug-likeness (QED) is 0.844. The molecule has 1 N–H and O–H groups in total. The van der Waals surface area contributed by atoms with Gasteiger partial charge in [0.2, 0.25) is 0 Å². The minimum absolute atomic E-state index is 0.0108. The Morgan fingerprint density at radius 1 is 1.48 bits per heavy atom. The zero-order valence-corrected chi connectivity index (χ0v) is 12.3. The van der Waals surface area contributed by atoms with Crippen LogP contribution < -0.4 is 4.74 Å². The number of nitrogens with zero attached hydrogens (tertiary/aromatic N) is 2. The number of aromatic carboxylic acids is 1. The van der Waals surface area contributed by atoms with Gasteiger partial charge in [-0.15, -0.1) is 0 Å². The Kier molecular flexibility index (Phi) is 5.16. The molecule has 0 spiro atoms. The molecule has 0 unspecified atom stereocenters. The van der Waals surface area contributed by atoms with Crippen molar-refractivity contribution in [1.82, 2.24) is 10.1 Å². The highest BCUT2D eigenvalue weighted by atomic mass is 35.5. The zero-order chi connectivity index (χ0) is 15.2. The van der Waals surface area contributed by atoms with E-state index < -0.39 is 5.97 Å². The normalized spacial score (nSPS) is 10.6. The van der Waals surface area contributed by atoms with E-state index in [2.05, 4.69) is 17.1 Å². The van der Waals surface area contributed by atoms with E-state index in [-0.39, 0.29) is 17.2 Å². The maximum atomic E-state index is 11.0. The monoisotopic (exact) mass is 310 g/mol. The van der Waals surface area contributed by atoms with E-state index in [9.17, 15) is 4.79 Å². The number of rotatable bonds is 7. The van der Waals surface area contributed by atoms with Gasteiger partial charge in [-0.2, -0.15) is 4.98 Å². The van der Waals surface area contributed by atoms with E-state index in [1.54, 1.807) is 6.07 Å². The number of carboxylic acids is 1. The molecule has 0 radical (unpaired) electrons. The molecule has 0 fully saturated rings. The van der Waals surface area contributed by atoms with Crippen LogP contribution >= 0.6 is 11.6 Å². The maximum absolute atomic E-state index is 11.0. The maximum Gasteiger partial charge on any atom is 0.337 e. The van der Waals surface area contributed by atoms with Gasteiger partial charge in [0.05, 0.1) is 10.6 Å². The van der Waals surface area contributed by atoms with Gasteiger partial charge in [0.25, 0.3) is 5.89 Å². The second-order valence-electron chi connectivity index (χ2n) is 4.44. The third-order valence-corrected chi connectivity index (χ3v) is 3.12. The molecule has 0 aliphatic carbocycles. The summed E-state index contributed by atoms with van der Waals surface area (Å²) in [6, 6.07) is 4.42. The number of halogens is 1. The van der Waals surface area contributed by atoms with Crippen LogP contribution in [0.1, 0.15) is 41.8 Å². The summed E-state index contributed by atoms with van der Waals surface area (Å²) in [6.07, 6.45) is 2.83. The first kappa shape index (κ1) is 15.3. The molecular formula is C14H15ClN2O4. The minimum atomic E-state index is -1.11. The number of hydrogen-bond donors (Lipinski definition) is 1. The molecule has 1 aromatic carbocycles. The van der Waals surface area contributed by atoms with Crippen LogP contribution in [0.5, 0.6) is 5.75 Å². The fourth-order valence-electron chi connectivity index (χ4n) is 1.69. The SMILES string of the molecule is CCCCc1noc(COc2ccc(Cl)c(C(=O)O)c2)n1. The molecule has 0 saturated carbocycles. The van der Waals surface area contributed by atoms with Crippen LogP contribution in [0.25, 0.3) is 0 Å². The third kappa shape index (κ3) is 4.19. The Hall–Kier alpha value is -2.08. The van der Waals surface area contributed by atoms with Gasteiger partial charge in [0.1, 0.15) is 5.75 Å². The number of ether oxygens (including phenoxy) is 1. The molecule has 1 heterocycles. The lowest BCUT2D eigenvalue weighted by atomic mass is 10.2. The lowest BCUT2D eigenvalue weighted by molar-refractivity contribution is 0.0696. The first-order valence-electron chi connectivity index (χ1n) is 6.57. The summed E-state index contributed by atoms with van der Waals surface area (Å²) in [5.41, 5.74) is -0.0108. The highest BCUT2D eigenvalue weighted by Gasteiger charge is 2.11. The summed E-state index contributed by atoms with van der Waals surface area (Å²) < 4.78 is 10.5. The van der Waals surface area contributed by atoms with Crippen molar-refractivity contribution in [3.8, 4) is 5.75 Å². The summed E-state index contributed by atoms with van der Waals surface area (Å²) in [4.78, 5) is 15.2. The van der Waals surface area contributed by atoms with Crippen molar-refractivity contribution in [1.29, 1.82) is 0 Å². The van der Waals surface area contributed by atoms with Crippen molar-refractivity contribution in [2.75, 3.05) is 0 Å². The summed E-state index contributed by atoms with van der Waals surface area (Å²) >= 11 is 5.78. The van der Waals surface area contributed by atoms with Gasteiger partial charge in [0.15, 0.2) is 12.4 Å². The summed E-state index contributed by atoms with van der Waals surface area (Å²) in [5.74, 6) is 0.279. The van der Waals surface area contributed by atoms with Crippen LogP contribution in [0.2, 0.25) is 5.02 Å². The molecule has 0 bridgehead atoms. The van der Waals surface area contributed by atoms with E-state index in [0.29, 0.717) is 17.5 Å². The fourth-order valence-corrected chi connectivity index (χ4v) is 1.89. The molecule has 0 aliphatic heterocycles. The van der Waals surface area contributed by atoms with Gasteiger partial charge >= 0.3 is 5.97 Å². The van der Waals surface area contributed by atoms with Crippen LogP contribution in [0.15, 0.2) is 22.7 Å². The number of unbranched alkanes of at least 4 members (excludes halogenated alkanes) is 1. The molecule has 1 aromatic heterocycles. The first-order chi connectivity index (χ1) is 10.1. The second-order valence-corrected chi connectivity index (χ2v) is 4.85. The average molecular weight is 311 g/mol. The van der Waals surface area contributed by atoms with Crippen LogP contribution in [-0.2, 0) is 13.0 Å². The topological polar surface area (TPSA) is 85.5 Å². The number of carbonyl (C=O) groups is 1. The molecule has 112 valence electrons. The van der Waals surface area contributed by atoms with Crippen LogP contribution in [0.4, 0.5) is 0 Å². The Balaban J connectivity index is 1.98. The highest BCUT2D eigenvalue weighted by Crippen LogP contribution is 2.22. The summed E-state index contributed by atoms with van der Waals surface area (Å²) in [7, 11) is 0. The van der Waals surface area contributed by atoms with Gasteiger partial charge in [-0.05, 0) is 24.6 Å². The number of aromatic nitrogens is 2. The van der Waals surface area contributed by atoms with E-state index in [4.69, 9.17) is 26.0 Å². The number of aryl methyl sites for hydroxylation is 1. The molecule has 0 aliphatic rings. The number of benzene rings is 1. The highest BCUT2D eigenvalue weighted by molar-refractivity contribution is 6.33. The lowest BCUT2D eigenvalue weighted by Crippen LogP contribution is -2.00. The molecule has 2 rings (SSSR count). The van der Waals surface area contributed by atoms with Gasteiger partial charge in [0, 0.05) is 6.42 Å².